The molecule has 0 bridgehead atoms. The topological polar surface area (TPSA) is 87.4 Å². The van der Waals surface area contributed by atoms with Crippen molar-refractivity contribution < 1.29 is 9.63 Å². The van der Waals surface area contributed by atoms with Crippen molar-refractivity contribution in [2.75, 3.05) is 0 Å². The molecule has 0 amide bonds. The van der Waals surface area contributed by atoms with Crippen LogP contribution in [-0.4, -0.2) is 11.8 Å². The third-order valence-corrected chi connectivity index (χ3v) is 2.40. The molecular weight excluding hydrogens is 256 g/mol. The normalized spacial score (nSPS) is 10.5. The van der Waals surface area contributed by atoms with Crippen LogP contribution in [0.3, 0.4) is 0 Å². The SMILES string of the molecule is [N-]=[N+]=N/C(=N\OC(=O)c1ccccc1)c1ccccc1. The monoisotopic (exact) mass is 266 g/mol. The first-order valence-corrected chi connectivity index (χ1v) is 5.76. The van der Waals surface area contributed by atoms with Gasteiger partial charge in [0, 0.05) is 10.5 Å². The number of carbonyl (C=O) groups excluding carboxylic acids is 1. The van der Waals surface area contributed by atoms with Gasteiger partial charge in [-0.2, -0.15) is 0 Å². The van der Waals surface area contributed by atoms with Crippen molar-refractivity contribution in [3.8, 4) is 0 Å². The molecule has 0 saturated carbocycles. The molecule has 0 N–H and O–H groups in total. The zero-order valence-electron chi connectivity index (χ0n) is 10.4. The van der Waals surface area contributed by atoms with Crippen LogP contribution in [0.15, 0.2) is 70.9 Å². The van der Waals surface area contributed by atoms with Crippen molar-refractivity contribution >= 4 is 11.8 Å². The Labute approximate surface area is 114 Å². The Balaban J connectivity index is 2.19. The Bertz CT molecular complexity index is 662. The summed E-state index contributed by atoms with van der Waals surface area (Å²) in [5, 5.41) is 7.02. The molecule has 2 aromatic rings. The molecule has 0 spiro atoms. The van der Waals surface area contributed by atoms with Gasteiger partial charge in [-0.25, -0.2) is 4.79 Å². The summed E-state index contributed by atoms with van der Waals surface area (Å²) in [4.78, 5) is 19.2. The summed E-state index contributed by atoms with van der Waals surface area (Å²) in [5.74, 6) is -0.621. The zero-order chi connectivity index (χ0) is 14.2. The number of hydrogen-bond acceptors (Lipinski definition) is 3. The van der Waals surface area contributed by atoms with E-state index in [0.717, 1.165) is 0 Å². The molecular formula is C14H10N4O2. The van der Waals surface area contributed by atoms with Crippen molar-refractivity contribution in [3.05, 3.63) is 82.2 Å². The van der Waals surface area contributed by atoms with E-state index in [0.29, 0.717) is 11.1 Å². The summed E-state index contributed by atoms with van der Waals surface area (Å²) < 4.78 is 0. The number of azide groups is 1. The second kappa shape index (κ2) is 6.72. The highest BCUT2D eigenvalue weighted by Gasteiger charge is 2.07. The van der Waals surface area contributed by atoms with Gasteiger partial charge in [0.2, 0.25) is 0 Å². The number of rotatable bonds is 3. The lowest BCUT2D eigenvalue weighted by molar-refractivity contribution is 0.0516. The standard InChI is InChI=1S/C14H10N4O2/c15-18-16-13(11-7-3-1-4-8-11)17-20-14(19)12-9-5-2-6-10-12/h1-10H/b17-13-. The Morgan fingerprint density at radius 2 is 1.50 bits per heavy atom. The van der Waals surface area contributed by atoms with E-state index >= 15 is 0 Å². The minimum absolute atomic E-state index is 0.00242. The van der Waals surface area contributed by atoms with Gasteiger partial charge in [0.1, 0.15) is 0 Å². The summed E-state index contributed by atoms with van der Waals surface area (Å²) >= 11 is 0. The molecule has 6 nitrogen and oxygen atoms in total. The molecule has 0 unspecified atom stereocenters. The second-order valence-electron chi connectivity index (χ2n) is 3.72. The lowest BCUT2D eigenvalue weighted by Crippen LogP contribution is -2.04. The van der Waals surface area contributed by atoms with Crippen LogP contribution in [0.2, 0.25) is 0 Å². The average Bonchev–Trinajstić information content (AvgIpc) is 2.53. The first-order valence-electron chi connectivity index (χ1n) is 5.76. The fourth-order valence-corrected chi connectivity index (χ4v) is 1.47. The molecule has 0 saturated heterocycles. The molecule has 0 aliphatic rings. The van der Waals surface area contributed by atoms with Crippen LogP contribution in [0.5, 0.6) is 0 Å². The van der Waals surface area contributed by atoms with Crippen molar-refractivity contribution in [1.82, 2.24) is 0 Å². The number of amidine groups is 1. The smallest absolute Gasteiger partial charge is 0.312 e. The van der Waals surface area contributed by atoms with Crippen LogP contribution >= 0.6 is 0 Å². The van der Waals surface area contributed by atoms with E-state index in [-0.39, 0.29) is 5.84 Å². The molecule has 98 valence electrons. The first-order chi connectivity index (χ1) is 9.81. The van der Waals surface area contributed by atoms with Crippen LogP contribution in [0.25, 0.3) is 10.4 Å². The maximum absolute atomic E-state index is 11.7. The third kappa shape index (κ3) is 3.44. The second-order valence-corrected chi connectivity index (χ2v) is 3.72. The summed E-state index contributed by atoms with van der Waals surface area (Å²) in [6, 6.07) is 17.2. The van der Waals surface area contributed by atoms with E-state index in [2.05, 4.69) is 15.2 Å². The van der Waals surface area contributed by atoms with Gasteiger partial charge in [0.05, 0.1) is 5.56 Å². The van der Waals surface area contributed by atoms with Crippen molar-refractivity contribution in [3.63, 3.8) is 0 Å². The van der Waals surface area contributed by atoms with Gasteiger partial charge in [-0.3, -0.25) is 0 Å². The zero-order valence-corrected chi connectivity index (χ0v) is 10.4. The molecule has 0 heterocycles. The molecule has 0 aromatic heterocycles. The van der Waals surface area contributed by atoms with Gasteiger partial charge in [-0.05, 0) is 22.8 Å². The molecule has 0 aliphatic carbocycles. The summed E-state index contributed by atoms with van der Waals surface area (Å²) in [7, 11) is 0. The number of carbonyl (C=O) groups is 1. The number of hydrogen-bond donors (Lipinski definition) is 0. The molecule has 0 atom stereocenters. The molecule has 0 fully saturated rings. The largest absolute Gasteiger partial charge is 0.365 e. The lowest BCUT2D eigenvalue weighted by Gasteiger charge is -2.00. The number of oxime groups is 1. The predicted octanol–water partition coefficient (Wildman–Crippen LogP) is 3.52. The number of nitrogens with zero attached hydrogens (tertiary/aromatic N) is 4. The van der Waals surface area contributed by atoms with Crippen LogP contribution in [0.1, 0.15) is 15.9 Å². The fraction of sp³-hybridized carbons (Fsp3) is 0. The van der Waals surface area contributed by atoms with E-state index in [1.165, 1.54) is 0 Å². The van der Waals surface area contributed by atoms with Gasteiger partial charge in [0.25, 0.3) is 0 Å². The van der Waals surface area contributed by atoms with E-state index in [4.69, 9.17) is 10.4 Å². The minimum atomic E-state index is -0.618. The average molecular weight is 266 g/mol. The van der Waals surface area contributed by atoms with Gasteiger partial charge >= 0.3 is 5.97 Å². The van der Waals surface area contributed by atoms with E-state index in [9.17, 15) is 4.79 Å². The third-order valence-electron chi connectivity index (χ3n) is 2.40. The van der Waals surface area contributed by atoms with Gasteiger partial charge in [0.15, 0.2) is 5.84 Å². The highest BCUT2D eigenvalue weighted by molar-refractivity contribution is 5.99. The summed E-state index contributed by atoms with van der Waals surface area (Å²) in [5.41, 5.74) is 9.44. The van der Waals surface area contributed by atoms with E-state index in [1.54, 1.807) is 54.6 Å². The van der Waals surface area contributed by atoms with Crippen molar-refractivity contribution in [2.24, 2.45) is 10.3 Å². The lowest BCUT2D eigenvalue weighted by atomic mass is 10.2. The van der Waals surface area contributed by atoms with Crippen LogP contribution < -0.4 is 0 Å². The fourth-order valence-electron chi connectivity index (χ4n) is 1.47. The van der Waals surface area contributed by atoms with E-state index < -0.39 is 5.97 Å². The van der Waals surface area contributed by atoms with Gasteiger partial charge in [-0.15, -0.1) is 0 Å². The summed E-state index contributed by atoms with van der Waals surface area (Å²) in [6.07, 6.45) is 0. The first kappa shape index (κ1) is 13.3. The van der Waals surface area contributed by atoms with E-state index in [1.807, 2.05) is 6.07 Å². The highest BCUT2D eigenvalue weighted by Crippen LogP contribution is 2.06. The maximum atomic E-state index is 11.7. The Morgan fingerprint density at radius 3 is 2.05 bits per heavy atom. The Hall–Kier alpha value is -3.11. The highest BCUT2D eigenvalue weighted by atomic mass is 16.7. The molecule has 2 aromatic carbocycles. The molecule has 6 heteroatoms. The Morgan fingerprint density at radius 1 is 0.950 bits per heavy atom. The molecule has 2 rings (SSSR count). The number of benzene rings is 2. The molecule has 0 radical (unpaired) electrons. The van der Waals surface area contributed by atoms with Crippen molar-refractivity contribution in [2.45, 2.75) is 0 Å². The van der Waals surface area contributed by atoms with Crippen LogP contribution in [0.4, 0.5) is 0 Å². The van der Waals surface area contributed by atoms with Crippen LogP contribution in [0, 0.1) is 0 Å². The summed E-state index contributed by atoms with van der Waals surface area (Å²) in [6.45, 7) is 0. The van der Waals surface area contributed by atoms with Crippen molar-refractivity contribution in [1.29, 1.82) is 0 Å². The van der Waals surface area contributed by atoms with Gasteiger partial charge in [-0.1, -0.05) is 53.7 Å². The quantitative estimate of drug-likeness (QED) is 0.162. The van der Waals surface area contributed by atoms with Gasteiger partial charge < -0.3 is 4.84 Å². The van der Waals surface area contributed by atoms with Crippen LogP contribution in [-0.2, 0) is 4.84 Å². The molecule has 20 heavy (non-hydrogen) atoms. The Kier molecular flexibility index (Phi) is 4.48. The maximum Gasteiger partial charge on any atom is 0.365 e. The predicted molar refractivity (Wildman–Crippen MR) is 74.0 cm³/mol. The minimum Gasteiger partial charge on any atom is -0.312 e. The molecule has 0 aliphatic heterocycles.